The summed E-state index contributed by atoms with van der Waals surface area (Å²) in [7, 11) is 1.49. The Balaban J connectivity index is 3.22. The Morgan fingerprint density at radius 1 is 1.47 bits per heavy atom. The van der Waals surface area contributed by atoms with Crippen molar-refractivity contribution in [2.45, 2.75) is 19.9 Å². The quantitative estimate of drug-likeness (QED) is 0.719. The van der Waals surface area contributed by atoms with Crippen LogP contribution in [0.2, 0.25) is 0 Å². The normalized spacial score (nSPS) is 11.1. The molecular weight excluding hydrogens is 222 g/mol. The van der Waals surface area contributed by atoms with Crippen LogP contribution >= 0.6 is 0 Å². The van der Waals surface area contributed by atoms with E-state index in [1.807, 2.05) is 13.8 Å². The van der Waals surface area contributed by atoms with Gasteiger partial charge in [-0.2, -0.15) is 0 Å². The molecule has 2 N–H and O–H groups in total. The number of carbonyl (C=O) groups is 1. The lowest BCUT2D eigenvalue weighted by Gasteiger charge is -2.08. The van der Waals surface area contributed by atoms with Crippen molar-refractivity contribution < 1.29 is 4.79 Å². The highest BCUT2D eigenvalue weighted by Gasteiger charge is 2.05. The smallest absolute Gasteiger partial charge is 0.328 e. The maximum absolute atomic E-state index is 11.5. The van der Waals surface area contributed by atoms with Crippen molar-refractivity contribution in [3.63, 3.8) is 0 Å². The summed E-state index contributed by atoms with van der Waals surface area (Å²) in [5.41, 5.74) is -0.698. The first-order valence-corrected chi connectivity index (χ1v) is 5.21. The fourth-order valence-corrected chi connectivity index (χ4v) is 1.25. The molecule has 1 amide bonds. The van der Waals surface area contributed by atoms with Gasteiger partial charge in [0.25, 0.3) is 5.56 Å². The van der Waals surface area contributed by atoms with Crippen molar-refractivity contribution in [3.05, 3.63) is 38.7 Å². The van der Waals surface area contributed by atoms with Crippen molar-refractivity contribution in [2.75, 3.05) is 7.05 Å². The minimum Gasteiger partial charge on any atom is -0.356 e. The average molecular weight is 237 g/mol. The molecule has 1 aromatic heterocycles. The lowest BCUT2D eigenvalue weighted by Crippen LogP contribution is -2.31. The molecule has 0 spiro atoms. The molecule has 6 heteroatoms. The van der Waals surface area contributed by atoms with Crippen LogP contribution in [0, 0.1) is 0 Å². The van der Waals surface area contributed by atoms with Gasteiger partial charge in [0.1, 0.15) is 0 Å². The largest absolute Gasteiger partial charge is 0.356 e. The fraction of sp³-hybridized carbons (Fsp3) is 0.364. The van der Waals surface area contributed by atoms with E-state index in [4.69, 9.17) is 0 Å². The van der Waals surface area contributed by atoms with Gasteiger partial charge in [-0.25, -0.2) is 4.79 Å². The maximum Gasteiger partial charge on any atom is 0.328 e. The van der Waals surface area contributed by atoms with Crippen LogP contribution in [0.15, 0.2) is 21.9 Å². The number of hydrogen-bond acceptors (Lipinski definition) is 3. The molecule has 0 aliphatic rings. The highest BCUT2D eigenvalue weighted by molar-refractivity contribution is 5.91. The number of aromatic nitrogens is 2. The molecule has 1 aromatic rings. The van der Waals surface area contributed by atoms with Gasteiger partial charge in [0.15, 0.2) is 0 Å². The molecule has 6 nitrogen and oxygen atoms in total. The molecule has 0 bridgehead atoms. The minimum absolute atomic E-state index is 0.0634. The molecule has 0 aromatic carbocycles. The summed E-state index contributed by atoms with van der Waals surface area (Å²) in [6.07, 6.45) is 4.04. The van der Waals surface area contributed by atoms with Gasteiger partial charge in [0.05, 0.1) is 5.56 Å². The summed E-state index contributed by atoms with van der Waals surface area (Å²) in [4.78, 5) is 36.1. The molecule has 0 atom stereocenters. The topological polar surface area (TPSA) is 84.0 Å². The van der Waals surface area contributed by atoms with Crippen LogP contribution < -0.4 is 16.6 Å². The first-order valence-electron chi connectivity index (χ1n) is 5.21. The van der Waals surface area contributed by atoms with Gasteiger partial charge in [0.2, 0.25) is 5.91 Å². The molecule has 92 valence electrons. The predicted molar refractivity (Wildman–Crippen MR) is 64.8 cm³/mol. The number of amides is 1. The number of aromatic amines is 1. The van der Waals surface area contributed by atoms with E-state index in [-0.39, 0.29) is 17.5 Å². The second kappa shape index (κ2) is 5.29. The Hall–Kier alpha value is -2.11. The molecule has 17 heavy (non-hydrogen) atoms. The van der Waals surface area contributed by atoms with Gasteiger partial charge in [-0.05, 0) is 19.9 Å². The first kappa shape index (κ1) is 13.0. The van der Waals surface area contributed by atoms with E-state index in [2.05, 4.69) is 10.3 Å². The Kier molecular flexibility index (Phi) is 4.03. The summed E-state index contributed by atoms with van der Waals surface area (Å²) in [5, 5.41) is 2.40. The van der Waals surface area contributed by atoms with Crippen molar-refractivity contribution in [1.82, 2.24) is 14.9 Å². The zero-order chi connectivity index (χ0) is 13.0. The van der Waals surface area contributed by atoms with E-state index in [9.17, 15) is 14.4 Å². The second-order valence-electron chi connectivity index (χ2n) is 3.79. The van der Waals surface area contributed by atoms with Gasteiger partial charge >= 0.3 is 5.69 Å². The summed E-state index contributed by atoms with van der Waals surface area (Å²) in [5.74, 6) is -0.313. The maximum atomic E-state index is 11.5. The van der Waals surface area contributed by atoms with Crippen LogP contribution in [0.3, 0.4) is 0 Å². The van der Waals surface area contributed by atoms with E-state index in [0.717, 1.165) is 0 Å². The number of H-pyrrole nitrogens is 1. The van der Waals surface area contributed by atoms with Gasteiger partial charge in [0, 0.05) is 25.4 Å². The summed E-state index contributed by atoms with van der Waals surface area (Å²) < 4.78 is 1.39. The van der Waals surface area contributed by atoms with Crippen LogP contribution in [0.1, 0.15) is 25.5 Å². The zero-order valence-corrected chi connectivity index (χ0v) is 9.98. The molecule has 0 aliphatic carbocycles. The first-order chi connectivity index (χ1) is 7.95. The lowest BCUT2D eigenvalue weighted by atomic mass is 10.3. The molecule has 0 radical (unpaired) electrons. The highest BCUT2D eigenvalue weighted by atomic mass is 16.2. The predicted octanol–water partition coefficient (Wildman–Crippen LogP) is -0.123. The van der Waals surface area contributed by atoms with E-state index < -0.39 is 11.2 Å². The third-order valence-corrected chi connectivity index (χ3v) is 2.21. The lowest BCUT2D eigenvalue weighted by molar-refractivity contribution is -0.115. The highest BCUT2D eigenvalue weighted by Crippen LogP contribution is 2.00. The molecule has 0 saturated heterocycles. The number of rotatable bonds is 3. The van der Waals surface area contributed by atoms with Crippen LogP contribution in [0.25, 0.3) is 6.08 Å². The van der Waals surface area contributed by atoms with Crippen LogP contribution in [-0.4, -0.2) is 22.5 Å². The van der Waals surface area contributed by atoms with Gasteiger partial charge in [-0.3, -0.25) is 19.1 Å². The number of nitrogens with zero attached hydrogens (tertiary/aromatic N) is 1. The van der Waals surface area contributed by atoms with E-state index in [0.29, 0.717) is 0 Å². The monoisotopic (exact) mass is 237 g/mol. The van der Waals surface area contributed by atoms with Crippen LogP contribution in [-0.2, 0) is 4.79 Å². The molecule has 0 saturated carbocycles. The van der Waals surface area contributed by atoms with Gasteiger partial charge in [-0.15, -0.1) is 0 Å². The number of hydrogen-bond donors (Lipinski definition) is 2. The molecule has 0 fully saturated rings. The van der Waals surface area contributed by atoms with Crippen LogP contribution in [0.4, 0.5) is 0 Å². The Morgan fingerprint density at radius 2 is 2.12 bits per heavy atom. The minimum atomic E-state index is -0.507. The average Bonchev–Trinajstić information content (AvgIpc) is 2.26. The summed E-state index contributed by atoms with van der Waals surface area (Å²) in [6, 6.07) is -0.0634. The van der Waals surface area contributed by atoms with Gasteiger partial charge in [-0.1, -0.05) is 0 Å². The van der Waals surface area contributed by atoms with E-state index in [1.165, 1.54) is 30.0 Å². The van der Waals surface area contributed by atoms with Crippen molar-refractivity contribution in [3.8, 4) is 0 Å². The Labute approximate surface area is 98.0 Å². The van der Waals surface area contributed by atoms with Crippen molar-refractivity contribution in [2.24, 2.45) is 0 Å². The second-order valence-corrected chi connectivity index (χ2v) is 3.79. The zero-order valence-electron chi connectivity index (χ0n) is 9.98. The van der Waals surface area contributed by atoms with Gasteiger partial charge < -0.3 is 5.32 Å². The fourth-order valence-electron chi connectivity index (χ4n) is 1.25. The number of nitrogens with one attached hydrogen (secondary N) is 2. The SMILES string of the molecule is CNC(=O)/C=C/c1cn(C(C)C)c(=O)[nH]c1=O. The molecular formula is C11H15N3O3. The number of carbonyl (C=O) groups excluding carboxylic acids is 1. The summed E-state index contributed by atoms with van der Waals surface area (Å²) in [6.45, 7) is 3.65. The van der Waals surface area contributed by atoms with E-state index >= 15 is 0 Å². The third-order valence-electron chi connectivity index (χ3n) is 2.21. The number of likely N-dealkylation sites (N-methyl/N-ethyl adjacent to an activating group) is 1. The third kappa shape index (κ3) is 3.17. The van der Waals surface area contributed by atoms with Crippen molar-refractivity contribution in [1.29, 1.82) is 0 Å². The van der Waals surface area contributed by atoms with Crippen molar-refractivity contribution >= 4 is 12.0 Å². The molecule has 0 aliphatic heterocycles. The molecule has 0 unspecified atom stereocenters. The standard InChI is InChI=1S/C11H15N3O3/c1-7(2)14-6-8(4-5-9(15)12-3)10(16)13-11(14)17/h4-7H,1-3H3,(H,12,15)(H,13,16,17)/b5-4+. The van der Waals surface area contributed by atoms with E-state index in [1.54, 1.807) is 0 Å². The summed E-state index contributed by atoms with van der Waals surface area (Å²) >= 11 is 0. The van der Waals surface area contributed by atoms with Crippen LogP contribution in [0.5, 0.6) is 0 Å². The Morgan fingerprint density at radius 3 is 2.65 bits per heavy atom. The Bertz CT molecular complexity index is 552. The molecule has 1 rings (SSSR count). The molecule has 1 heterocycles.